The number of nitrogens with one attached hydrogen (secondary N) is 1. The van der Waals surface area contributed by atoms with Crippen molar-refractivity contribution in [3.63, 3.8) is 0 Å². The van der Waals surface area contributed by atoms with Crippen LogP contribution in [0.25, 0.3) is 6.08 Å². The van der Waals surface area contributed by atoms with Gasteiger partial charge in [0.15, 0.2) is 0 Å². The fourth-order valence-corrected chi connectivity index (χ4v) is 3.12. The molecule has 0 aliphatic rings. The number of rotatable bonds is 5. The number of aromatic nitrogens is 2. The lowest BCUT2D eigenvalue weighted by Crippen LogP contribution is -2.20. The predicted octanol–water partition coefficient (Wildman–Crippen LogP) is 3.97. The van der Waals surface area contributed by atoms with Crippen LogP contribution in [0.15, 0.2) is 58.8 Å². The van der Waals surface area contributed by atoms with Gasteiger partial charge < -0.3 is 9.88 Å². The maximum atomic E-state index is 12.1. The number of thiazole rings is 1. The minimum Gasteiger partial charge on any atom is -0.321 e. The molecule has 3 rings (SSSR count). The molecule has 0 radical (unpaired) electrons. The van der Waals surface area contributed by atoms with Gasteiger partial charge in [-0.3, -0.25) is 9.59 Å². The molecule has 26 heavy (non-hydrogen) atoms. The van der Waals surface area contributed by atoms with Crippen molar-refractivity contribution >= 4 is 40.6 Å². The third kappa shape index (κ3) is 4.68. The summed E-state index contributed by atoms with van der Waals surface area (Å²) >= 11 is 7.68. The molecule has 0 saturated heterocycles. The van der Waals surface area contributed by atoms with Gasteiger partial charge in [-0.1, -0.05) is 29.8 Å². The maximum Gasteiger partial charge on any atom is 0.250 e. The molecule has 0 atom stereocenters. The molecule has 3 aromatic rings. The van der Waals surface area contributed by atoms with Crippen LogP contribution in [0.4, 0.5) is 5.69 Å². The first-order chi connectivity index (χ1) is 12.5. The maximum absolute atomic E-state index is 12.1. The van der Waals surface area contributed by atoms with E-state index >= 15 is 0 Å². The van der Waals surface area contributed by atoms with Gasteiger partial charge in [-0.2, -0.15) is 0 Å². The standard InChI is InChI=1S/C19H16ClN3O2S/c1-13-21-16(12-26-13)6-8-18(24)22-15-7-9-19(25)23(11-15)10-14-4-2-3-5-17(14)20/h2-9,11-12H,10H2,1H3,(H,22,24)/b8-6+. The van der Waals surface area contributed by atoms with Crippen LogP contribution in [0.3, 0.4) is 0 Å². The molecule has 0 unspecified atom stereocenters. The van der Waals surface area contributed by atoms with Gasteiger partial charge in [-0.25, -0.2) is 4.98 Å². The Kier molecular flexibility index (Phi) is 5.65. The second-order valence-corrected chi connectivity index (χ2v) is 7.06. The lowest BCUT2D eigenvalue weighted by atomic mass is 10.2. The van der Waals surface area contributed by atoms with E-state index in [1.54, 1.807) is 24.4 Å². The van der Waals surface area contributed by atoms with Gasteiger partial charge >= 0.3 is 0 Å². The normalized spacial score (nSPS) is 11.0. The van der Waals surface area contributed by atoms with Gasteiger partial charge in [-0.05, 0) is 30.7 Å². The summed E-state index contributed by atoms with van der Waals surface area (Å²) < 4.78 is 1.50. The Labute approximate surface area is 159 Å². The molecule has 1 amide bonds. The van der Waals surface area contributed by atoms with Crippen LogP contribution in [0.2, 0.25) is 5.02 Å². The highest BCUT2D eigenvalue weighted by molar-refractivity contribution is 7.09. The van der Waals surface area contributed by atoms with Gasteiger partial charge in [0.05, 0.1) is 22.9 Å². The van der Waals surface area contributed by atoms with Crippen LogP contribution in [0.1, 0.15) is 16.3 Å². The van der Waals surface area contributed by atoms with E-state index < -0.39 is 0 Å². The smallest absolute Gasteiger partial charge is 0.250 e. The Morgan fingerprint density at radius 2 is 2.12 bits per heavy atom. The van der Waals surface area contributed by atoms with Crippen molar-refractivity contribution in [3.05, 3.63) is 85.7 Å². The number of aryl methyl sites for hydroxylation is 1. The zero-order valence-electron chi connectivity index (χ0n) is 14.0. The Balaban J connectivity index is 1.73. The van der Waals surface area contributed by atoms with E-state index in [0.717, 1.165) is 16.3 Å². The molecular formula is C19H16ClN3O2S. The molecule has 0 aliphatic heterocycles. The van der Waals surface area contributed by atoms with Crippen LogP contribution < -0.4 is 10.9 Å². The lowest BCUT2D eigenvalue weighted by molar-refractivity contribution is -0.111. The minimum atomic E-state index is -0.293. The number of hydrogen-bond acceptors (Lipinski definition) is 4. The summed E-state index contributed by atoms with van der Waals surface area (Å²) in [7, 11) is 0. The number of nitrogens with zero attached hydrogens (tertiary/aromatic N) is 2. The number of carbonyl (C=O) groups is 1. The van der Waals surface area contributed by atoms with Gasteiger partial charge in [0.2, 0.25) is 5.91 Å². The minimum absolute atomic E-state index is 0.170. The van der Waals surface area contributed by atoms with E-state index in [-0.39, 0.29) is 11.5 Å². The molecule has 0 bridgehead atoms. The van der Waals surface area contributed by atoms with Crippen LogP contribution in [0, 0.1) is 6.92 Å². The van der Waals surface area contributed by atoms with Crippen LogP contribution in [0.5, 0.6) is 0 Å². The molecule has 0 spiro atoms. The van der Waals surface area contributed by atoms with Gasteiger partial charge in [-0.15, -0.1) is 11.3 Å². The van der Waals surface area contributed by atoms with Gasteiger partial charge in [0, 0.05) is 28.7 Å². The predicted molar refractivity (Wildman–Crippen MR) is 106 cm³/mol. The average molecular weight is 386 g/mol. The van der Waals surface area contributed by atoms with E-state index in [1.807, 2.05) is 30.5 Å². The van der Waals surface area contributed by atoms with Crippen LogP contribution in [-0.4, -0.2) is 15.5 Å². The topological polar surface area (TPSA) is 64.0 Å². The number of halogens is 1. The number of carbonyl (C=O) groups excluding carboxylic acids is 1. The summed E-state index contributed by atoms with van der Waals surface area (Å²) in [6, 6.07) is 10.3. The molecule has 1 N–H and O–H groups in total. The molecule has 0 saturated carbocycles. The molecule has 0 aliphatic carbocycles. The third-order valence-electron chi connectivity index (χ3n) is 3.59. The monoisotopic (exact) mass is 385 g/mol. The Hall–Kier alpha value is -2.70. The Morgan fingerprint density at radius 3 is 2.85 bits per heavy atom. The van der Waals surface area contributed by atoms with Crippen LogP contribution >= 0.6 is 22.9 Å². The third-order valence-corrected chi connectivity index (χ3v) is 4.75. The first-order valence-electron chi connectivity index (χ1n) is 7.86. The molecule has 7 heteroatoms. The van der Waals surface area contributed by atoms with Crippen molar-refractivity contribution in [2.75, 3.05) is 5.32 Å². The van der Waals surface area contributed by atoms with Crippen molar-refractivity contribution < 1.29 is 4.79 Å². The first-order valence-corrected chi connectivity index (χ1v) is 9.12. The van der Waals surface area contributed by atoms with Crippen molar-refractivity contribution in [1.82, 2.24) is 9.55 Å². The number of hydrogen-bond donors (Lipinski definition) is 1. The highest BCUT2D eigenvalue weighted by Crippen LogP contribution is 2.16. The summed E-state index contributed by atoms with van der Waals surface area (Å²) in [6.07, 6.45) is 4.67. The SMILES string of the molecule is Cc1nc(/C=C/C(=O)Nc2ccc(=O)n(Cc3ccccc3Cl)c2)cs1. The highest BCUT2D eigenvalue weighted by atomic mass is 35.5. The highest BCUT2D eigenvalue weighted by Gasteiger charge is 2.05. The molecule has 0 fully saturated rings. The number of benzene rings is 1. The summed E-state index contributed by atoms with van der Waals surface area (Å²) in [5.41, 5.74) is 1.93. The van der Waals surface area contributed by atoms with Crippen molar-refractivity contribution in [2.45, 2.75) is 13.5 Å². The van der Waals surface area contributed by atoms with Crippen molar-refractivity contribution in [2.24, 2.45) is 0 Å². The second kappa shape index (κ2) is 8.12. The summed E-state index contributed by atoms with van der Waals surface area (Å²) in [5.74, 6) is -0.293. The fraction of sp³-hybridized carbons (Fsp3) is 0.105. The summed E-state index contributed by atoms with van der Waals surface area (Å²) in [6.45, 7) is 2.24. The van der Waals surface area contributed by atoms with Crippen molar-refractivity contribution in [3.8, 4) is 0 Å². The number of pyridine rings is 1. The quantitative estimate of drug-likeness (QED) is 0.676. The molecule has 2 heterocycles. The number of amides is 1. The van der Waals surface area contributed by atoms with E-state index in [4.69, 9.17) is 11.6 Å². The summed E-state index contributed by atoms with van der Waals surface area (Å²) in [5, 5.41) is 6.16. The van der Waals surface area contributed by atoms with Crippen molar-refractivity contribution in [1.29, 1.82) is 0 Å². The van der Waals surface area contributed by atoms with E-state index in [0.29, 0.717) is 17.3 Å². The number of anilines is 1. The van der Waals surface area contributed by atoms with E-state index in [1.165, 1.54) is 28.0 Å². The summed E-state index contributed by atoms with van der Waals surface area (Å²) in [4.78, 5) is 28.4. The Morgan fingerprint density at radius 1 is 1.31 bits per heavy atom. The largest absolute Gasteiger partial charge is 0.321 e. The first kappa shape index (κ1) is 18.1. The molecule has 132 valence electrons. The second-order valence-electron chi connectivity index (χ2n) is 5.59. The van der Waals surface area contributed by atoms with Gasteiger partial charge in [0.1, 0.15) is 0 Å². The molecule has 5 nitrogen and oxygen atoms in total. The Bertz CT molecular complexity index is 1020. The zero-order chi connectivity index (χ0) is 18.5. The molecular weight excluding hydrogens is 370 g/mol. The molecule has 1 aromatic carbocycles. The average Bonchev–Trinajstić information content (AvgIpc) is 3.03. The molecule has 2 aromatic heterocycles. The van der Waals surface area contributed by atoms with Crippen LogP contribution in [-0.2, 0) is 11.3 Å². The van der Waals surface area contributed by atoms with Gasteiger partial charge in [0.25, 0.3) is 5.56 Å². The van der Waals surface area contributed by atoms with E-state index in [9.17, 15) is 9.59 Å². The lowest BCUT2D eigenvalue weighted by Gasteiger charge is -2.10. The zero-order valence-corrected chi connectivity index (χ0v) is 15.6. The fourth-order valence-electron chi connectivity index (χ4n) is 2.34. The van der Waals surface area contributed by atoms with E-state index in [2.05, 4.69) is 10.3 Å².